The Labute approximate surface area is 374 Å². The summed E-state index contributed by atoms with van der Waals surface area (Å²) in [7, 11) is 0. The van der Waals surface area contributed by atoms with Gasteiger partial charge in [0, 0.05) is 19.3 Å². The van der Waals surface area contributed by atoms with E-state index in [1.807, 2.05) is 0 Å². The maximum atomic E-state index is 12.8. The Bertz CT molecular complexity index is 889. The first-order chi connectivity index (χ1) is 29.5. The van der Waals surface area contributed by atoms with Crippen molar-refractivity contribution in [3.8, 4) is 0 Å². The molecule has 1 atom stereocenters. The van der Waals surface area contributed by atoms with Gasteiger partial charge in [-0.25, -0.2) is 0 Å². The van der Waals surface area contributed by atoms with Crippen LogP contribution in [-0.2, 0) is 28.6 Å². The number of rotatable bonds is 50. The molecule has 0 aromatic rings. The van der Waals surface area contributed by atoms with Gasteiger partial charge in [-0.2, -0.15) is 0 Å². The highest BCUT2D eigenvalue weighted by molar-refractivity contribution is 5.71. The second kappa shape index (κ2) is 50.1. The molecule has 0 heterocycles. The van der Waals surface area contributed by atoms with Crippen LogP contribution >= 0.6 is 0 Å². The predicted octanol–water partition coefficient (Wildman–Crippen LogP) is 17.6. The van der Waals surface area contributed by atoms with Gasteiger partial charge < -0.3 is 14.2 Å². The average Bonchev–Trinajstić information content (AvgIpc) is 3.24. The summed E-state index contributed by atoms with van der Waals surface area (Å²) in [5.41, 5.74) is 0. The molecule has 0 saturated carbocycles. The number of esters is 3. The Kier molecular flexibility index (Phi) is 48.7. The quantitative estimate of drug-likeness (QED) is 0.0345. The van der Waals surface area contributed by atoms with E-state index in [9.17, 15) is 14.4 Å². The van der Waals surface area contributed by atoms with Gasteiger partial charge in [-0.1, -0.05) is 271 Å². The summed E-state index contributed by atoms with van der Waals surface area (Å²) in [6, 6.07) is 0. The van der Waals surface area contributed by atoms with Crippen LogP contribution in [-0.4, -0.2) is 37.2 Å². The fourth-order valence-electron chi connectivity index (χ4n) is 8.27. The van der Waals surface area contributed by atoms with Crippen LogP contribution in [0.2, 0.25) is 0 Å². The molecule has 0 aromatic carbocycles. The van der Waals surface area contributed by atoms with Crippen LogP contribution < -0.4 is 0 Å². The van der Waals surface area contributed by atoms with E-state index in [1.165, 1.54) is 212 Å². The summed E-state index contributed by atoms with van der Waals surface area (Å²) in [6.07, 6.45) is 53.7. The normalized spacial score (nSPS) is 11.8. The molecule has 60 heavy (non-hydrogen) atoms. The minimum atomic E-state index is -0.759. The van der Waals surface area contributed by atoms with E-state index in [2.05, 4.69) is 20.8 Å². The fraction of sp³-hybridized carbons (Fsp3) is 0.944. The minimum Gasteiger partial charge on any atom is -0.462 e. The summed E-state index contributed by atoms with van der Waals surface area (Å²) >= 11 is 0. The van der Waals surface area contributed by atoms with E-state index in [-0.39, 0.29) is 31.1 Å². The van der Waals surface area contributed by atoms with E-state index in [4.69, 9.17) is 14.2 Å². The standard InChI is InChI=1S/C54H104O6/c1-4-7-10-13-16-19-22-25-26-27-28-30-32-35-38-41-44-47-53(56)59-50-51(49-58-52(55)46-43-40-37-34-31-24-21-18-15-12-9-6-3)60-54(57)48-45-42-39-36-33-29-23-20-17-14-11-8-5-2/h51H,4-50H2,1-3H3/t51-/m0/s1. The Morgan fingerprint density at radius 3 is 0.667 bits per heavy atom. The zero-order valence-electron chi connectivity index (χ0n) is 40.8. The van der Waals surface area contributed by atoms with Crippen molar-refractivity contribution >= 4 is 17.9 Å². The summed E-state index contributed by atoms with van der Waals surface area (Å²) in [5, 5.41) is 0. The lowest BCUT2D eigenvalue weighted by molar-refractivity contribution is -0.167. The number of hydrogen-bond acceptors (Lipinski definition) is 6. The van der Waals surface area contributed by atoms with Crippen LogP contribution in [0.3, 0.4) is 0 Å². The van der Waals surface area contributed by atoms with Crippen LogP contribution in [0.1, 0.15) is 310 Å². The number of ether oxygens (including phenoxy) is 3. The molecule has 0 aliphatic rings. The molecule has 0 aliphatic heterocycles. The lowest BCUT2D eigenvalue weighted by Crippen LogP contribution is -2.30. The molecule has 0 fully saturated rings. The first-order valence-electron chi connectivity index (χ1n) is 27.0. The summed E-state index contributed by atoms with van der Waals surface area (Å²) in [5.74, 6) is -0.838. The van der Waals surface area contributed by atoms with E-state index in [0.29, 0.717) is 19.3 Å². The molecule has 0 aromatic heterocycles. The Balaban J connectivity index is 4.27. The van der Waals surface area contributed by atoms with E-state index in [0.717, 1.165) is 57.8 Å². The van der Waals surface area contributed by atoms with Gasteiger partial charge in [-0.15, -0.1) is 0 Å². The second-order valence-corrected chi connectivity index (χ2v) is 18.5. The SMILES string of the molecule is CCCCCCCCCCCCCCCCCCCC(=O)OC[C@H](COC(=O)CCCCCCCCCCCCCC)OC(=O)CCCCCCCCCCCCCCC. The molecule has 0 unspecified atom stereocenters. The third-order valence-electron chi connectivity index (χ3n) is 12.4. The van der Waals surface area contributed by atoms with Crippen molar-refractivity contribution in [2.24, 2.45) is 0 Å². The van der Waals surface area contributed by atoms with Crippen LogP contribution in [0.25, 0.3) is 0 Å². The van der Waals surface area contributed by atoms with Gasteiger partial charge in [0.1, 0.15) is 13.2 Å². The molecule has 0 radical (unpaired) electrons. The molecule has 0 saturated heterocycles. The maximum absolute atomic E-state index is 12.8. The molecule has 6 nitrogen and oxygen atoms in total. The fourth-order valence-corrected chi connectivity index (χ4v) is 8.27. The number of carbonyl (C=O) groups excluding carboxylic acids is 3. The van der Waals surface area contributed by atoms with Gasteiger partial charge in [0.05, 0.1) is 0 Å². The molecule has 0 aliphatic carbocycles. The zero-order chi connectivity index (χ0) is 43.7. The van der Waals surface area contributed by atoms with Crippen LogP contribution in [0.5, 0.6) is 0 Å². The molecular formula is C54H104O6. The van der Waals surface area contributed by atoms with Gasteiger partial charge in [0.15, 0.2) is 6.10 Å². The lowest BCUT2D eigenvalue weighted by atomic mass is 10.0. The molecular weight excluding hydrogens is 745 g/mol. The topological polar surface area (TPSA) is 78.9 Å². The van der Waals surface area contributed by atoms with Crippen molar-refractivity contribution < 1.29 is 28.6 Å². The van der Waals surface area contributed by atoms with Gasteiger partial charge >= 0.3 is 17.9 Å². The van der Waals surface area contributed by atoms with E-state index < -0.39 is 6.10 Å². The van der Waals surface area contributed by atoms with Crippen molar-refractivity contribution in [2.45, 2.75) is 316 Å². The first kappa shape index (κ1) is 58.4. The molecule has 0 amide bonds. The second-order valence-electron chi connectivity index (χ2n) is 18.5. The van der Waals surface area contributed by atoms with Gasteiger partial charge in [0.25, 0.3) is 0 Å². The molecule has 0 bridgehead atoms. The van der Waals surface area contributed by atoms with Crippen molar-refractivity contribution in [3.05, 3.63) is 0 Å². The van der Waals surface area contributed by atoms with Gasteiger partial charge in [0.2, 0.25) is 0 Å². The Hall–Kier alpha value is -1.59. The summed E-state index contributed by atoms with van der Waals surface area (Å²) < 4.78 is 16.8. The predicted molar refractivity (Wildman–Crippen MR) is 257 cm³/mol. The van der Waals surface area contributed by atoms with Crippen LogP contribution in [0, 0.1) is 0 Å². The molecule has 6 heteroatoms. The van der Waals surface area contributed by atoms with Crippen molar-refractivity contribution in [3.63, 3.8) is 0 Å². The Morgan fingerprint density at radius 1 is 0.267 bits per heavy atom. The van der Waals surface area contributed by atoms with E-state index >= 15 is 0 Å². The van der Waals surface area contributed by atoms with Gasteiger partial charge in [-0.3, -0.25) is 14.4 Å². The maximum Gasteiger partial charge on any atom is 0.306 e. The molecule has 0 rings (SSSR count). The molecule has 356 valence electrons. The number of carbonyl (C=O) groups is 3. The van der Waals surface area contributed by atoms with Crippen molar-refractivity contribution in [2.75, 3.05) is 13.2 Å². The molecule has 0 N–H and O–H groups in total. The van der Waals surface area contributed by atoms with Gasteiger partial charge in [-0.05, 0) is 19.3 Å². The highest BCUT2D eigenvalue weighted by Crippen LogP contribution is 2.17. The highest BCUT2D eigenvalue weighted by atomic mass is 16.6. The lowest BCUT2D eigenvalue weighted by Gasteiger charge is -2.18. The average molecular weight is 849 g/mol. The first-order valence-corrected chi connectivity index (χ1v) is 27.0. The van der Waals surface area contributed by atoms with Crippen LogP contribution in [0.15, 0.2) is 0 Å². The third-order valence-corrected chi connectivity index (χ3v) is 12.4. The molecule has 0 spiro atoms. The Morgan fingerprint density at radius 2 is 0.450 bits per heavy atom. The summed E-state index contributed by atoms with van der Waals surface area (Å²) in [6.45, 7) is 6.69. The third kappa shape index (κ3) is 47.5. The number of hydrogen-bond donors (Lipinski definition) is 0. The monoisotopic (exact) mass is 849 g/mol. The minimum absolute atomic E-state index is 0.0615. The largest absolute Gasteiger partial charge is 0.462 e. The smallest absolute Gasteiger partial charge is 0.306 e. The highest BCUT2D eigenvalue weighted by Gasteiger charge is 2.19. The summed E-state index contributed by atoms with van der Waals surface area (Å²) in [4.78, 5) is 38.0. The van der Waals surface area contributed by atoms with E-state index in [1.54, 1.807) is 0 Å². The zero-order valence-corrected chi connectivity index (χ0v) is 40.8. The number of unbranched alkanes of at least 4 members (excludes halogenated alkanes) is 39. The van der Waals surface area contributed by atoms with Crippen LogP contribution in [0.4, 0.5) is 0 Å². The van der Waals surface area contributed by atoms with Crippen molar-refractivity contribution in [1.82, 2.24) is 0 Å². The van der Waals surface area contributed by atoms with Crippen molar-refractivity contribution in [1.29, 1.82) is 0 Å².